The summed E-state index contributed by atoms with van der Waals surface area (Å²) >= 11 is 0. The minimum absolute atomic E-state index is 0.0339. The lowest BCUT2D eigenvalue weighted by atomic mass is 10.2. The first-order valence-corrected chi connectivity index (χ1v) is 9.28. The SMILES string of the molecule is C[C@H](CO)Nc1nc(Nc2ccc(N3CCNCC3)cc2)nc2[nH]ccc12. The molecule has 0 saturated carbocycles. The molecule has 0 unspecified atom stereocenters. The van der Waals surface area contributed by atoms with Gasteiger partial charge in [-0.15, -0.1) is 0 Å². The van der Waals surface area contributed by atoms with E-state index in [4.69, 9.17) is 0 Å². The van der Waals surface area contributed by atoms with Crippen LogP contribution in [0.2, 0.25) is 0 Å². The van der Waals surface area contributed by atoms with Gasteiger partial charge in [0.25, 0.3) is 0 Å². The first-order valence-electron chi connectivity index (χ1n) is 9.28. The van der Waals surface area contributed by atoms with Crippen molar-refractivity contribution in [3.8, 4) is 0 Å². The van der Waals surface area contributed by atoms with Gasteiger partial charge >= 0.3 is 0 Å². The number of hydrogen-bond acceptors (Lipinski definition) is 7. The number of piperazine rings is 1. The van der Waals surface area contributed by atoms with Crippen molar-refractivity contribution < 1.29 is 5.11 Å². The van der Waals surface area contributed by atoms with E-state index in [2.05, 4.69) is 47.9 Å². The molecule has 0 radical (unpaired) electrons. The van der Waals surface area contributed by atoms with Gasteiger partial charge in [-0.1, -0.05) is 0 Å². The van der Waals surface area contributed by atoms with E-state index in [0.717, 1.165) is 42.9 Å². The zero-order valence-electron chi connectivity index (χ0n) is 15.4. The molecule has 1 aliphatic heterocycles. The second kappa shape index (κ2) is 7.81. The van der Waals surface area contributed by atoms with Gasteiger partial charge in [0.15, 0.2) is 0 Å². The van der Waals surface area contributed by atoms with Gasteiger partial charge in [-0.05, 0) is 37.3 Å². The standard InChI is InChI=1S/C19H25N7O/c1-13(12-27)22-18-16-6-7-21-17(16)24-19(25-18)23-14-2-4-15(5-3-14)26-10-8-20-9-11-26/h2-7,13,20,27H,8-12H2,1H3,(H3,21,22,23,24,25)/t13-/m1/s1. The molecule has 2 aromatic heterocycles. The van der Waals surface area contributed by atoms with Gasteiger partial charge in [0.2, 0.25) is 5.95 Å². The lowest BCUT2D eigenvalue weighted by Gasteiger charge is -2.29. The number of fused-ring (bicyclic) bond motifs is 1. The summed E-state index contributed by atoms with van der Waals surface area (Å²) in [5.74, 6) is 1.20. The third kappa shape index (κ3) is 3.96. The van der Waals surface area contributed by atoms with Crippen molar-refractivity contribution in [2.24, 2.45) is 0 Å². The van der Waals surface area contributed by atoms with Crippen LogP contribution in [0.4, 0.5) is 23.1 Å². The third-order valence-electron chi connectivity index (χ3n) is 4.68. The van der Waals surface area contributed by atoms with Gasteiger partial charge in [-0.3, -0.25) is 0 Å². The molecule has 1 aliphatic rings. The highest BCUT2D eigenvalue weighted by molar-refractivity contribution is 5.88. The number of H-pyrrole nitrogens is 1. The van der Waals surface area contributed by atoms with Crippen molar-refractivity contribution in [3.05, 3.63) is 36.5 Å². The van der Waals surface area contributed by atoms with E-state index in [9.17, 15) is 5.11 Å². The Morgan fingerprint density at radius 3 is 2.67 bits per heavy atom. The first-order chi connectivity index (χ1) is 13.2. The van der Waals surface area contributed by atoms with Gasteiger partial charge in [0.05, 0.1) is 12.0 Å². The van der Waals surface area contributed by atoms with Crippen LogP contribution in [-0.4, -0.2) is 58.9 Å². The molecule has 0 bridgehead atoms. The number of aliphatic hydroxyl groups is 1. The molecule has 8 heteroatoms. The summed E-state index contributed by atoms with van der Waals surface area (Å²) in [5.41, 5.74) is 2.90. The number of aromatic amines is 1. The van der Waals surface area contributed by atoms with Gasteiger partial charge in [0, 0.05) is 49.8 Å². The maximum atomic E-state index is 9.32. The van der Waals surface area contributed by atoms with E-state index >= 15 is 0 Å². The van der Waals surface area contributed by atoms with Gasteiger partial charge in [-0.25, -0.2) is 0 Å². The average molecular weight is 367 g/mol. The summed E-state index contributed by atoms with van der Waals surface area (Å²) in [4.78, 5) is 14.6. The molecule has 4 rings (SSSR count). The maximum Gasteiger partial charge on any atom is 0.231 e. The van der Waals surface area contributed by atoms with Gasteiger partial charge < -0.3 is 30.9 Å². The van der Waals surface area contributed by atoms with E-state index in [0.29, 0.717) is 11.8 Å². The average Bonchev–Trinajstić information content (AvgIpc) is 3.18. The normalized spacial score (nSPS) is 15.7. The fraction of sp³-hybridized carbons (Fsp3) is 0.368. The second-order valence-electron chi connectivity index (χ2n) is 6.77. The highest BCUT2D eigenvalue weighted by atomic mass is 16.3. The molecular formula is C19H25N7O. The molecule has 0 aliphatic carbocycles. The molecule has 0 amide bonds. The Morgan fingerprint density at radius 2 is 1.93 bits per heavy atom. The van der Waals surface area contributed by atoms with Crippen molar-refractivity contribution in [3.63, 3.8) is 0 Å². The Balaban J connectivity index is 1.54. The van der Waals surface area contributed by atoms with Crippen molar-refractivity contribution in [1.29, 1.82) is 0 Å². The zero-order valence-corrected chi connectivity index (χ0v) is 15.4. The van der Waals surface area contributed by atoms with E-state index in [1.54, 1.807) is 0 Å². The van der Waals surface area contributed by atoms with Crippen molar-refractivity contribution in [1.82, 2.24) is 20.3 Å². The van der Waals surface area contributed by atoms with E-state index < -0.39 is 0 Å². The molecule has 3 aromatic rings. The molecule has 1 fully saturated rings. The van der Waals surface area contributed by atoms with Crippen LogP contribution in [0.25, 0.3) is 11.0 Å². The predicted molar refractivity (Wildman–Crippen MR) is 109 cm³/mol. The van der Waals surface area contributed by atoms with Gasteiger partial charge in [-0.2, -0.15) is 9.97 Å². The Kier molecular flexibility index (Phi) is 5.08. The van der Waals surface area contributed by atoms with Crippen LogP contribution in [0.15, 0.2) is 36.5 Å². The monoisotopic (exact) mass is 367 g/mol. The number of aliphatic hydroxyl groups excluding tert-OH is 1. The topological polar surface area (TPSA) is 101 Å². The van der Waals surface area contributed by atoms with Crippen LogP contribution in [0.1, 0.15) is 6.92 Å². The molecule has 8 nitrogen and oxygen atoms in total. The molecule has 3 heterocycles. The summed E-state index contributed by atoms with van der Waals surface area (Å²) in [6.07, 6.45) is 1.83. The summed E-state index contributed by atoms with van der Waals surface area (Å²) < 4.78 is 0. The third-order valence-corrected chi connectivity index (χ3v) is 4.68. The number of nitrogens with zero attached hydrogens (tertiary/aromatic N) is 3. The van der Waals surface area contributed by atoms with Gasteiger partial charge in [0.1, 0.15) is 11.5 Å². The van der Waals surface area contributed by atoms with Crippen LogP contribution < -0.4 is 20.9 Å². The quantitative estimate of drug-likeness (QED) is 0.454. The largest absolute Gasteiger partial charge is 0.394 e. The fourth-order valence-electron chi connectivity index (χ4n) is 3.19. The molecule has 1 atom stereocenters. The Morgan fingerprint density at radius 1 is 1.15 bits per heavy atom. The number of rotatable bonds is 6. The lowest BCUT2D eigenvalue weighted by Crippen LogP contribution is -2.43. The van der Waals surface area contributed by atoms with E-state index in [-0.39, 0.29) is 12.6 Å². The minimum Gasteiger partial charge on any atom is -0.394 e. The Labute approximate surface area is 158 Å². The smallest absolute Gasteiger partial charge is 0.231 e. The predicted octanol–water partition coefficient (Wildman–Crippen LogP) is 1.90. The van der Waals surface area contributed by atoms with E-state index in [1.165, 1.54) is 5.69 Å². The molecule has 0 spiro atoms. The molecule has 142 valence electrons. The van der Waals surface area contributed by atoms with Crippen molar-refractivity contribution in [2.45, 2.75) is 13.0 Å². The molecule has 1 aromatic carbocycles. The molecular weight excluding hydrogens is 342 g/mol. The summed E-state index contributed by atoms with van der Waals surface area (Å²) in [6.45, 7) is 6.03. The van der Waals surface area contributed by atoms with Crippen LogP contribution in [0.3, 0.4) is 0 Å². The van der Waals surface area contributed by atoms with Crippen LogP contribution in [0.5, 0.6) is 0 Å². The molecule has 5 N–H and O–H groups in total. The van der Waals surface area contributed by atoms with Crippen LogP contribution >= 0.6 is 0 Å². The molecule has 1 saturated heterocycles. The lowest BCUT2D eigenvalue weighted by molar-refractivity contribution is 0.281. The Hall–Kier alpha value is -2.84. The number of aromatic nitrogens is 3. The van der Waals surface area contributed by atoms with Crippen LogP contribution in [0, 0.1) is 0 Å². The minimum atomic E-state index is -0.0934. The number of benzene rings is 1. The van der Waals surface area contributed by atoms with Crippen molar-refractivity contribution in [2.75, 3.05) is 48.3 Å². The molecule has 27 heavy (non-hydrogen) atoms. The number of nitrogens with one attached hydrogen (secondary N) is 4. The summed E-state index contributed by atoms with van der Waals surface area (Å²) in [5, 5.41) is 20.1. The Bertz CT molecular complexity index is 887. The highest BCUT2D eigenvalue weighted by Crippen LogP contribution is 2.25. The number of anilines is 4. The first kappa shape index (κ1) is 17.6. The van der Waals surface area contributed by atoms with E-state index in [1.807, 2.05) is 31.3 Å². The highest BCUT2D eigenvalue weighted by Gasteiger charge is 2.12. The second-order valence-corrected chi connectivity index (χ2v) is 6.77. The van der Waals surface area contributed by atoms with Crippen LogP contribution in [-0.2, 0) is 0 Å². The summed E-state index contributed by atoms with van der Waals surface area (Å²) in [7, 11) is 0. The zero-order chi connectivity index (χ0) is 18.6. The number of hydrogen-bond donors (Lipinski definition) is 5. The fourth-order valence-corrected chi connectivity index (χ4v) is 3.19. The van der Waals surface area contributed by atoms with Crippen molar-refractivity contribution >= 4 is 34.2 Å². The maximum absolute atomic E-state index is 9.32. The summed E-state index contributed by atoms with van der Waals surface area (Å²) in [6, 6.07) is 10.2.